The molecule has 1 amide bonds. The summed E-state index contributed by atoms with van der Waals surface area (Å²) in [5, 5.41) is 3.51. The predicted molar refractivity (Wildman–Crippen MR) is 69.3 cm³/mol. The quantitative estimate of drug-likeness (QED) is 0.861. The molecule has 0 bridgehead atoms. The summed E-state index contributed by atoms with van der Waals surface area (Å²) in [7, 11) is 0. The van der Waals surface area contributed by atoms with Gasteiger partial charge in [-0.2, -0.15) is 0 Å². The third kappa shape index (κ3) is 2.88. The Balaban J connectivity index is 2.06. The summed E-state index contributed by atoms with van der Waals surface area (Å²) in [5.74, 6) is -0.0463. The van der Waals surface area contributed by atoms with Crippen LogP contribution in [0.5, 0.6) is 0 Å². The second-order valence-electron chi connectivity index (χ2n) is 3.86. The highest BCUT2D eigenvalue weighted by Crippen LogP contribution is 2.22. The van der Waals surface area contributed by atoms with Gasteiger partial charge in [0.2, 0.25) is 5.91 Å². The molecular weight excluding hydrogens is 236 g/mol. The Morgan fingerprint density at radius 2 is 2.24 bits per heavy atom. The molecule has 4 heteroatoms. The molecule has 0 saturated heterocycles. The highest BCUT2D eigenvalue weighted by Gasteiger charge is 2.07. The Hall–Kier alpha value is -1.74. The molecule has 0 aliphatic heterocycles. The van der Waals surface area contributed by atoms with Gasteiger partial charge in [0, 0.05) is 23.1 Å². The van der Waals surface area contributed by atoms with Crippen LogP contribution < -0.4 is 5.32 Å². The molecule has 0 spiro atoms. The molecule has 2 N–H and O–H groups in total. The van der Waals surface area contributed by atoms with Crippen LogP contribution in [0.2, 0.25) is 5.02 Å². The molecule has 3 nitrogen and oxygen atoms in total. The topological polar surface area (TPSA) is 44.9 Å². The third-order valence-corrected chi connectivity index (χ3v) is 2.98. The fourth-order valence-electron chi connectivity index (χ4n) is 1.59. The standard InChI is InChI=1S/C13H13ClN2O/c1-9-11(14)3-2-4-12(9)16-13(17)7-10-5-6-15-8-10/h2-6,8,15H,7H2,1H3,(H,16,17). The lowest BCUT2D eigenvalue weighted by Crippen LogP contribution is -2.14. The summed E-state index contributed by atoms with van der Waals surface area (Å²) in [6.07, 6.45) is 3.97. The number of carbonyl (C=O) groups is 1. The van der Waals surface area contributed by atoms with Crippen LogP contribution in [0.4, 0.5) is 5.69 Å². The Morgan fingerprint density at radius 1 is 1.41 bits per heavy atom. The maximum absolute atomic E-state index is 11.8. The highest BCUT2D eigenvalue weighted by molar-refractivity contribution is 6.31. The molecule has 1 heterocycles. The Bertz CT molecular complexity index is 520. The molecule has 0 aliphatic rings. The van der Waals surface area contributed by atoms with Gasteiger partial charge >= 0.3 is 0 Å². The van der Waals surface area contributed by atoms with Gasteiger partial charge in [0.15, 0.2) is 0 Å². The third-order valence-electron chi connectivity index (χ3n) is 2.57. The van der Waals surface area contributed by atoms with E-state index in [1.807, 2.05) is 31.3 Å². The number of H-pyrrole nitrogens is 1. The van der Waals surface area contributed by atoms with E-state index in [1.54, 1.807) is 12.3 Å². The van der Waals surface area contributed by atoms with Crippen molar-refractivity contribution in [2.24, 2.45) is 0 Å². The number of hydrogen-bond donors (Lipinski definition) is 2. The van der Waals surface area contributed by atoms with E-state index < -0.39 is 0 Å². The van der Waals surface area contributed by atoms with E-state index in [0.717, 1.165) is 16.8 Å². The Morgan fingerprint density at radius 3 is 2.94 bits per heavy atom. The monoisotopic (exact) mass is 248 g/mol. The minimum absolute atomic E-state index is 0.0463. The zero-order chi connectivity index (χ0) is 12.3. The van der Waals surface area contributed by atoms with Gasteiger partial charge in [-0.1, -0.05) is 17.7 Å². The molecule has 0 aliphatic carbocycles. The number of rotatable bonds is 3. The van der Waals surface area contributed by atoms with Crippen LogP contribution in [0.1, 0.15) is 11.1 Å². The Labute approximate surface area is 105 Å². The lowest BCUT2D eigenvalue weighted by atomic mass is 10.2. The van der Waals surface area contributed by atoms with E-state index in [1.165, 1.54) is 0 Å². The molecule has 1 aromatic heterocycles. The lowest BCUT2D eigenvalue weighted by Gasteiger charge is -2.08. The van der Waals surface area contributed by atoms with E-state index in [9.17, 15) is 4.79 Å². The van der Waals surface area contributed by atoms with Gasteiger partial charge in [-0.15, -0.1) is 0 Å². The Kier molecular flexibility index (Phi) is 3.49. The summed E-state index contributed by atoms with van der Waals surface area (Å²) < 4.78 is 0. The summed E-state index contributed by atoms with van der Waals surface area (Å²) in [4.78, 5) is 14.7. The smallest absolute Gasteiger partial charge is 0.228 e. The number of anilines is 1. The summed E-state index contributed by atoms with van der Waals surface area (Å²) >= 11 is 5.98. The normalized spacial score (nSPS) is 10.2. The lowest BCUT2D eigenvalue weighted by molar-refractivity contribution is -0.115. The first-order chi connectivity index (χ1) is 8.16. The molecule has 2 rings (SSSR count). The predicted octanol–water partition coefficient (Wildman–Crippen LogP) is 3.16. The van der Waals surface area contributed by atoms with E-state index in [-0.39, 0.29) is 5.91 Å². The van der Waals surface area contributed by atoms with Gasteiger partial charge in [-0.25, -0.2) is 0 Å². The number of halogens is 1. The van der Waals surface area contributed by atoms with E-state index in [0.29, 0.717) is 11.4 Å². The fourth-order valence-corrected chi connectivity index (χ4v) is 1.77. The zero-order valence-electron chi connectivity index (χ0n) is 9.46. The zero-order valence-corrected chi connectivity index (χ0v) is 10.2. The first-order valence-corrected chi connectivity index (χ1v) is 5.71. The molecular formula is C13H13ClN2O. The van der Waals surface area contributed by atoms with Crippen LogP contribution in [-0.2, 0) is 11.2 Å². The molecule has 0 atom stereocenters. The minimum Gasteiger partial charge on any atom is -0.367 e. The van der Waals surface area contributed by atoms with Crippen LogP contribution in [0.25, 0.3) is 0 Å². The van der Waals surface area contributed by atoms with Crippen LogP contribution in [0, 0.1) is 6.92 Å². The van der Waals surface area contributed by atoms with Gasteiger partial charge in [0.05, 0.1) is 6.42 Å². The van der Waals surface area contributed by atoms with Gasteiger partial charge in [-0.3, -0.25) is 4.79 Å². The largest absolute Gasteiger partial charge is 0.367 e. The first-order valence-electron chi connectivity index (χ1n) is 5.33. The number of amides is 1. The van der Waals surface area contributed by atoms with Gasteiger partial charge < -0.3 is 10.3 Å². The van der Waals surface area contributed by atoms with E-state index in [2.05, 4.69) is 10.3 Å². The summed E-state index contributed by atoms with van der Waals surface area (Å²) in [6.45, 7) is 1.88. The van der Waals surface area contributed by atoms with Crippen molar-refractivity contribution >= 4 is 23.2 Å². The van der Waals surface area contributed by atoms with Crippen LogP contribution in [-0.4, -0.2) is 10.9 Å². The van der Waals surface area contributed by atoms with Crippen molar-refractivity contribution in [2.45, 2.75) is 13.3 Å². The number of aromatic amines is 1. The molecule has 2 aromatic rings. The van der Waals surface area contributed by atoms with Crippen molar-refractivity contribution in [3.8, 4) is 0 Å². The number of benzene rings is 1. The second-order valence-corrected chi connectivity index (χ2v) is 4.26. The number of aromatic nitrogens is 1. The van der Waals surface area contributed by atoms with Crippen LogP contribution >= 0.6 is 11.6 Å². The van der Waals surface area contributed by atoms with E-state index >= 15 is 0 Å². The maximum Gasteiger partial charge on any atom is 0.228 e. The SMILES string of the molecule is Cc1c(Cl)cccc1NC(=O)Cc1cc[nH]c1. The van der Waals surface area contributed by atoms with Crippen molar-refractivity contribution in [1.29, 1.82) is 0 Å². The van der Waals surface area contributed by atoms with E-state index in [4.69, 9.17) is 11.6 Å². The summed E-state index contributed by atoms with van der Waals surface area (Å²) in [6, 6.07) is 7.35. The number of carbonyl (C=O) groups excluding carboxylic acids is 1. The van der Waals surface area contributed by atoms with Crippen molar-refractivity contribution in [3.63, 3.8) is 0 Å². The minimum atomic E-state index is -0.0463. The van der Waals surface area contributed by atoms with Crippen LogP contribution in [0.3, 0.4) is 0 Å². The van der Waals surface area contributed by atoms with Gasteiger partial charge in [-0.05, 0) is 36.2 Å². The summed E-state index contributed by atoms with van der Waals surface area (Å²) in [5.41, 5.74) is 2.61. The second kappa shape index (κ2) is 5.06. The van der Waals surface area contributed by atoms with Crippen LogP contribution in [0.15, 0.2) is 36.7 Å². The average Bonchev–Trinajstić information content (AvgIpc) is 2.77. The molecule has 1 aromatic carbocycles. The molecule has 0 radical (unpaired) electrons. The van der Waals surface area contributed by atoms with Crippen molar-refractivity contribution in [3.05, 3.63) is 52.8 Å². The average molecular weight is 249 g/mol. The maximum atomic E-state index is 11.8. The highest BCUT2D eigenvalue weighted by atomic mass is 35.5. The number of hydrogen-bond acceptors (Lipinski definition) is 1. The van der Waals surface area contributed by atoms with Gasteiger partial charge in [0.25, 0.3) is 0 Å². The fraction of sp³-hybridized carbons (Fsp3) is 0.154. The molecule has 0 unspecified atom stereocenters. The molecule has 88 valence electrons. The molecule has 0 saturated carbocycles. The molecule has 17 heavy (non-hydrogen) atoms. The van der Waals surface area contributed by atoms with Gasteiger partial charge in [0.1, 0.15) is 0 Å². The number of nitrogens with one attached hydrogen (secondary N) is 2. The van der Waals surface area contributed by atoms with Crippen molar-refractivity contribution < 1.29 is 4.79 Å². The first kappa shape index (κ1) is 11.7. The van der Waals surface area contributed by atoms with Crippen molar-refractivity contribution in [2.75, 3.05) is 5.32 Å². The molecule has 0 fully saturated rings. The van der Waals surface area contributed by atoms with Crippen molar-refractivity contribution in [1.82, 2.24) is 4.98 Å².